The SMILES string of the molecule is CCOc1ccc(-c2n[nH]c(CC(=O)O)c2Br)cc1. The summed E-state index contributed by atoms with van der Waals surface area (Å²) in [6.45, 7) is 2.55. The molecule has 0 amide bonds. The number of hydrogen-bond donors (Lipinski definition) is 2. The molecule has 1 heterocycles. The van der Waals surface area contributed by atoms with Crippen LogP contribution in [0.5, 0.6) is 5.75 Å². The maximum absolute atomic E-state index is 10.7. The zero-order valence-electron chi connectivity index (χ0n) is 10.3. The van der Waals surface area contributed by atoms with Gasteiger partial charge < -0.3 is 9.84 Å². The Morgan fingerprint density at radius 3 is 2.68 bits per heavy atom. The van der Waals surface area contributed by atoms with E-state index in [4.69, 9.17) is 9.84 Å². The summed E-state index contributed by atoms with van der Waals surface area (Å²) in [5.41, 5.74) is 2.14. The van der Waals surface area contributed by atoms with Crippen molar-refractivity contribution in [3.05, 3.63) is 34.4 Å². The molecule has 1 aromatic carbocycles. The monoisotopic (exact) mass is 324 g/mol. The minimum Gasteiger partial charge on any atom is -0.494 e. The molecule has 100 valence electrons. The Kier molecular flexibility index (Phi) is 4.21. The standard InChI is InChI=1S/C13H13BrN2O3/c1-2-19-9-5-3-8(4-6-9)13-12(14)10(15-16-13)7-11(17)18/h3-6H,2,7H2,1H3,(H,15,16)(H,17,18). The van der Waals surface area contributed by atoms with Crippen molar-refractivity contribution < 1.29 is 14.6 Å². The molecule has 0 aliphatic carbocycles. The molecule has 2 rings (SSSR count). The van der Waals surface area contributed by atoms with Gasteiger partial charge in [-0.2, -0.15) is 5.10 Å². The van der Waals surface area contributed by atoms with Crippen LogP contribution in [0.3, 0.4) is 0 Å². The lowest BCUT2D eigenvalue weighted by Crippen LogP contribution is -2.00. The molecule has 1 aromatic heterocycles. The van der Waals surface area contributed by atoms with Crippen LogP contribution >= 0.6 is 15.9 Å². The smallest absolute Gasteiger partial charge is 0.309 e. The van der Waals surface area contributed by atoms with Crippen molar-refractivity contribution in [3.63, 3.8) is 0 Å². The lowest BCUT2D eigenvalue weighted by atomic mass is 10.1. The van der Waals surface area contributed by atoms with E-state index in [1.54, 1.807) is 0 Å². The van der Waals surface area contributed by atoms with Crippen LogP contribution in [-0.2, 0) is 11.2 Å². The molecule has 0 unspecified atom stereocenters. The fourth-order valence-electron chi connectivity index (χ4n) is 1.70. The fraction of sp³-hybridized carbons (Fsp3) is 0.231. The van der Waals surface area contributed by atoms with Gasteiger partial charge in [-0.05, 0) is 47.1 Å². The number of carboxylic acids is 1. The molecule has 0 saturated carbocycles. The molecule has 0 fully saturated rings. The van der Waals surface area contributed by atoms with Gasteiger partial charge in [-0.3, -0.25) is 9.89 Å². The van der Waals surface area contributed by atoms with Gasteiger partial charge in [0.05, 0.1) is 23.2 Å². The third kappa shape index (κ3) is 3.14. The Hall–Kier alpha value is -1.82. The quantitative estimate of drug-likeness (QED) is 0.886. The summed E-state index contributed by atoms with van der Waals surface area (Å²) >= 11 is 3.38. The van der Waals surface area contributed by atoms with E-state index in [2.05, 4.69) is 26.1 Å². The Bertz CT molecular complexity index is 578. The van der Waals surface area contributed by atoms with Crippen LogP contribution in [0, 0.1) is 0 Å². The van der Waals surface area contributed by atoms with Gasteiger partial charge in [0.2, 0.25) is 0 Å². The minimum atomic E-state index is -0.900. The summed E-state index contributed by atoms with van der Waals surface area (Å²) in [4.78, 5) is 10.7. The van der Waals surface area contributed by atoms with Gasteiger partial charge in [0.1, 0.15) is 11.4 Å². The molecule has 0 aliphatic heterocycles. The number of aromatic nitrogens is 2. The molecular formula is C13H13BrN2O3. The number of H-pyrrole nitrogens is 1. The van der Waals surface area contributed by atoms with Crippen LogP contribution in [-0.4, -0.2) is 27.9 Å². The number of carboxylic acid groups (broad SMARTS) is 1. The molecule has 0 radical (unpaired) electrons. The number of rotatable bonds is 5. The van der Waals surface area contributed by atoms with Gasteiger partial charge >= 0.3 is 5.97 Å². The maximum Gasteiger partial charge on any atom is 0.309 e. The van der Waals surface area contributed by atoms with Crippen LogP contribution in [0.1, 0.15) is 12.6 Å². The first-order valence-electron chi connectivity index (χ1n) is 5.79. The van der Waals surface area contributed by atoms with Gasteiger partial charge in [0, 0.05) is 5.56 Å². The fourth-order valence-corrected chi connectivity index (χ4v) is 2.25. The molecule has 0 saturated heterocycles. The van der Waals surface area contributed by atoms with Crippen LogP contribution < -0.4 is 4.74 Å². The van der Waals surface area contributed by atoms with Crippen LogP contribution in [0.2, 0.25) is 0 Å². The Labute approximate surface area is 118 Å². The highest BCUT2D eigenvalue weighted by Gasteiger charge is 2.14. The molecular weight excluding hydrogens is 312 g/mol. The minimum absolute atomic E-state index is 0.0926. The number of aliphatic carboxylic acids is 1. The number of carbonyl (C=O) groups is 1. The highest BCUT2D eigenvalue weighted by atomic mass is 79.9. The number of hydrogen-bond acceptors (Lipinski definition) is 3. The number of ether oxygens (including phenoxy) is 1. The van der Waals surface area contributed by atoms with Gasteiger partial charge in [-0.1, -0.05) is 0 Å². The molecule has 2 aromatic rings. The van der Waals surface area contributed by atoms with Gasteiger partial charge in [-0.25, -0.2) is 0 Å². The molecule has 2 N–H and O–H groups in total. The highest BCUT2D eigenvalue weighted by Crippen LogP contribution is 2.30. The predicted octanol–water partition coefficient (Wildman–Crippen LogP) is 2.87. The van der Waals surface area contributed by atoms with Crippen molar-refractivity contribution in [2.45, 2.75) is 13.3 Å². The van der Waals surface area contributed by atoms with Crippen LogP contribution in [0.4, 0.5) is 0 Å². The highest BCUT2D eigenvalue weighted by molar-refractivity contribution is 9.10. The molecule has 0 spiro atoms. The lowest BCUT2D eigenvalue weighted by molar-refractivity contribution is -0.136. The summed E-state index contributed by atoms with van der Waals surface area (Å²) in [6.07, 6.45) is -0.0926. The zero-order chi connectivity index (χ0) is 13.8. The molecule has 6 heteroatoms. The van der Waals surface area contributed by atoms with E-state index >= 15 is 0 Å². The third-order valence-corrected chi connectivity index (χ3v) is 3.40. The maximum atomic E-state index is 10.7. The number of halogens is 1. The Balaban J connectivity index is 2.26. The third-order valence-electron chi connectivity index (χ3n) is 2.54. The van der Waals surface area contributed by atoms with E-state index in [1.165, 1.54) is 0 Å². The number of nitrogens with zero attached hydrogens (tertiary/aromatic N) is 1. The summed E-state index contributed by atoms with van der Waals surface area (Å²) in [5.74, 6) is -0.105. The average Bonchev–Trinajstić information content (AvgIpc) is 2.72. The van der Waals surface area contributed by atoms with E-state index in [0.29, 0.717) is 22.5 Å². The average molecular weight is 325 g/mol. The van der Waals surface area contributed by atoms with Crippen LogP contribution in [0.15, 0.2) is 28.7 Å². The summed E-state index contributed by atoms with van der Waals surface area (Å²) in [6, 6.07) is 7.49. The van der Waals surface area contributed by atoms with E-state index in [-0.39, 0.29) is 6.42 Å². The molecule has 0 bridgehead atoms. The van der Waals surface area contributed by atoms with E-state index in [9.17, 15) is 4.79 Å². The molecule has 0 atom stereocenters. The van der Waals surface area contributed by atoms with Crippen molar-refractivity contribution in [1.29, 1.82) is 0 Å². The van der Waals surface area contributed by atoms with Crippen molar-refractivity contribution >= 4 is 21.9 Å². The normalized spacial score (nSPS) is 10.4. The van der Waals surface area contributed by atoms with Crippen molar-refractivity contribution in [2.75, 3.05) is 6.61 Å². The molecule has 5 nitrogen and oxygen atoms in total. The van der Waals surface area contributed by atoms with E-state index in [1.807, 2.05) is 31.2 Å². The molecule has 19 heavy (non-hydrogen) atoms. The predicted molar refractivity (Wildman–Crippen MR) is 74.2 cm³/mol. The number of benzene rings is 1. The number of nitrogens with one attached hydrogen (secondary N) is 1. The van der Waals surface area contributed by atoms with Gasteiger partial charge in [0.15, 0.2) is 0 Å². The van der Waals surface area contributed by atoms with Crippen molar-refractivity contribution in [1.82, 2.24) is 10.2 Å². The summed E-state index contributed by atoms with van der Waals surface area (Å²) < 4.78 is 6.05. The lowest BCUT2D eigenvalue weighted by Gasteiger charge is -2.03. The first-order chi connectivity index (χ1) is 9.11. The second-order valence-electron chi connectivity index (χ2n) is 3.89. The zero-order valence-corrected chi connectivity index (χ0v) is 11.9. The molecule has 0 aliphatic rings. The number of aromatic amines is 1. The topological polar surface area (TPSA) is 75.2 Å². The Morgan fingerprint density at radius 2 is 2.11 bits per heavy atom. The van der Waals surface area contributed by atoms with E-state index in [0.717, 1.165) is 11.3 Å². The van der Waals surface area contributed by atoms with Crippen LogP contribution in [0.25, 0.3) is 11.3 Å². The first-order valence-corrected chi connectivity index (χ1v) is 6.59. The van der Waals surface area contributed by atoms with Gasteiger partial charge in [-0.15, -0.1) is 0 Å². The van der Waals surface area contributed by atoms with Crippen molar-refractivity contribution in [2.24, 2.45) is 0 Å². The Morgan fingerprint density at radius 1 is 1.42 bits per heavy atom. The summed E-state index contributed by atoms with van der Waals surface area (Å²) in [5, 5.41) is 15.7. The first kappa shape index (κ1) is 13.6. The second kappa shape index (κ2) is 5.88. The van der Waals surface area contributed by atoms with E-state index < -0.39 is 5.97 Å². The second-order valence-corrected chi connectivity index (χ2v) is 4.69. The largest absolute Gasteiger partial charge is 0.494 e. The summed E-state index contributed by atoms with van der Waals surface area (Å²) in [7, 11) is 0. The van der Waals surface area contributed by atoms with Crippen molar-refractivity contribution in [3.8, 4) is 17.0 Å². The van der Waals surface area contributed by atoms with Gasteiger partial charge in [0.25, 0.3) is 0 Å².